The molecule has 0 bridgehead atoms. The molecule has 3 N–H and O–H groups in total. The fraction of sp³-hybridized carbons (Fsp3) is 0.643. The number of rotatable bonds is 15. The number of hydrogen-bond acceptors (Lipinski definition) is 6. The van der Waals surface area contributed by atoms with E-state index in [4.69, 9.17) is 9.47 Å². The number of likely N-dealkylation sites (N-methyl/N-ethyl adjacent to an activating group) is 1. The van der Waals surface area contributed by atoms with Crippen LogP contribution >= 0.6 is 0 Å². The molecule has 10 heteroatoms. The molecule has 0 aliphatic heterocycles. The average molecular weight is 536 g/mol. The summed E-state index contributed by atoms with van der Waals surface area (Å²) in [6.45, 7) is 11.1. The number of carbonyl (C=O) groups is 4. The molecule has 0 radical (unpaired) electrons. The summed E-state index contributed by atoms with van der Waals surface area (Å²) < 4.78 is 10.8. The van der Waals surface area contributed by atoms with Crippen LogP contribution in [0.25, 0.3) is 0 Å². The summed E-state index contributed by atoms with van der Waals surface area (Å²) in [7, 11) is 3.03. The quantitative estimate of drug-likeness (QED) is 0.313. The van der Waals surface area contributed by atoms with Crippen molar-refractivity contribution in [1.29, 1.82) is 0 Å². The van der Waals surface area contributed by atoms with Crippen molar-refractivity contribution >= 4 is 23.9 Å². The van der Waals surface area contributed by atoms with Crippen molar-refractivity contribution < 1.29 is 33.8 Å². The number of ether oxygens (including phenoxy) is 2. The second kappa shape index (κ2) is 16.0. The summed E-state index contributed by atoms with van der Waals surface area (Å²) >= 11 is 0. The Bertz CT molecular complexity index is 907. The standard InChI is InChI=1S/C28H45N3O7/c1-9-19(6)25(21(37-8)15-22(32)33)31(7)27(35)24(18(4)5)29-26(34)23(17(2)3)30-28(36)38-16-20-13-11-10-12-14-20/h10-14,17-19,21,23-25H,9,15-16H2,1-8H3,(H,29,34)(H,30,36)(H,32,33)/t19-,21+,23-,24+,25-/m0/s1. The molecule has 0 aliphatic rings. The van der Waals surface area contributed by atoms with Crippen LogP contribution in [-0.4, -0.2) is 72.3 Å². The van der Waals surface area contributed by atoms with Gasteiger partial charge in [-0.1, -0.05) is 78.3 Å². The number of carbonyl (C=O) groups excluding carboxylic acids is 3. The van der Waals surface area contributed by atoms with Crippen molar-refractivity contribution in [3.8, 4) is 0 Å². The van der Waals surface area contributed by atoms with E-state index in [2.05, 4.69) is 10.6 Å². The summed E-state index contributed by atoms with van der Waals surface area (Å²) in [5, 5.41) is 14.8. The van der Waals surface area contributed by atoms with Crippen LogP contribution in [0.2, 0.25) is 0 Å². The predicted molar refractivity (Wildman–Crippen MR) is 144 cm³/mol. The highest BCUT2D eigenvalue weighted by Crippen LogP contribution is 2.23. The zero-order valence-electron chi connectivity index (χ0n) is 23.9. The van der Waals surface area contributed by atoms with Gasteiger partial charge in [-0.15, -0.1) is 0 Å². The van der Waals surface area contributed by atoms with Crippen molar-refractivity contribution in [1.82, 2.24) is 15.5 Å². The van der Waals surface area contributed by atoms with Gasteiger partial charge in [0.25, 0.3) is 0 Å². The molecule has 3 amide bonds. The number of alkyl carbamates (subject to hydrolysis) is 1. The van der Waals surface area contributed by atoms with Crippen LogP contribution in [0.4, 0.5) is 4.79 Å². The first-order chi connectivity index (χ1) is 17.8. The summed E-state index contributed by atoms with van der Waals surface area (Å²) in [4.78, 5) is 52.3. The molecular formula is C28H45N3O7. The molecule has 1 aromatic rings. The highest BCUT2D eigenvalue weighted by molar-refractivity contribution is 5.91. The van der Waals surface area contributed by atoms with Crippen molar-refractivity contribution in [2.75, 3.05) is 14.2 Å². The van der Waals surface area contributed by atoms with Crippen LogP contribution in [-0.2, 0) is 30.5 Å². The number of benzene rings is 1. The van der Waals surface area contributed by atoms with Crippen LogP contribution in [0, 0.1) is 17.8 Å². The van der Waals surface area contributed by atoms with Crippen molar-refractivity contribution in [3.63, 3.8) is 0 Å². The van der Waals surface area contributed by atoms with Gasteiger partial charge in [-0.3, -0.25) is 14.4 Å². The molecule has 38 heavy (non-hydrogen) atoms. The van der Waals surface area contributed by atoms with Gasteiger partial charge in [-0.25, -0.2) is 4.79 Å². The number of carboxylic acids is 1. The molecule has 1 rings (SSSR count). The Hall–Kier alpha value is -3.14. The molecule has 1 aromatic carbocycles. The van der Waals surface area contributed by atoms with E-state index in [0.29, 0.717) is 6.42 Å². The monoisotopic (exact) mass is 535 g/mol. The molecule has 5 atom stereocenters. The number of hydrogen-bond donors (Lipinski definition) is 3. The number of methoxy groups -OCH3 is 1. The van der Waals surface area contributed by atoms with Crippen molar-refractivity contribution in [2.45, 2.75) is 85.2 Å². The summed E-state index contributed by atoms with van der Waals surface area (Å²) in [6.07, 6.45) is -1.01. The van der Waals surface area contributed by atoms with Crippen LogP contribution in [0.3, 0.4) is 0 Å². The Balaban J connectivity index is 3.03. The molecule has 0 fully saturated rings. The third-order valence-electron chi connectivity index (χ3n) is 6.75. The molecule has 10 nitrogen and oxygen atoms in total. The van der Waals surface area contributed by atoms with Gasteiger partial charge in [0.1, 0.15) is 18.7 Å². The van der Waals surface area contributed by atoms with E-state index in [0.717, 1.165) is 5.56 Å². The largest absolute Gasteiger partial charge is 0.481 e. The van der Waals surface area contributed by atoms with E-state index in [1.165, 1.54) is 12.0 Å². The lowest BCUT2D eigenvalue weighted by atomic mass is 9.90. The first-order valence-electron chi connectivity index (χ1n) is 13.1. The second-order valence-corrected chi connectivity index (χ2v) is 10.4. The minimum Gasteiger partial charge on any atom is -0.481 e. The topological polar surface area (TPSA) is 134 Å². The van der Waals surface area contributed by atoms with E-state index < -0.39 is 42.2 Å². The van der Waals surface area contributed by atoms with Crippen LogP contribution in [0.1, 0.15) is 59.9 Å². The van der Waals surface area contributed by atoms with E-state index in [9.17, 15) is 24.3 Å². The predicted octanol–water partition coefficient (Wildman–Crippen LogP) is 3.44. The van der Waals surface area contributed by atoms with Crippen LogP contribution in [0.15, 0.2) is 30.3 Å². The highest BCUT2D eigenvalue weighted by Gasteiger charge is 2.38. The first-order valence-corrected chi connectivity index (χ1v) is 13.1. The minimum atomic E-state index is -1.02. The molecule has 214 valence electrons. The second-order valence-electron chi connectivity index (χ2n) is 10.4. The van der Waals surface area contributed by atoms with Crippen molar-refractivity contribution in [2.24, 2.45) is 17.8 Å². The Morgan fingerprint density at radius 1 is 0.947 bits per heavy atom. The Kier molecular flexibility index (Phi) is 13.8. The van der Waals surface area contributed by atoms with Gasteiger partial charge >= 0.3 is 12.1 Å². The van der Waals surface area contributed by atoms with Gasteiger partial charge < -0.3 is 30.1 Å². The number of nitrogens with zero attached hydrogens (tertiary/aromatic N) is 1. The van der Waals surface area contributed by atoms with E-state index in [1.807, 2.05) is 58.0 Å². The van der Waals surface area contributed by atoms with Gasteiger partial charge in [0.2, 0.25) is 11.8 Å². The zero-order chi connectivity index (χ0) is 29.0. The Morgan fingerprint density at radius 2 is 1.53 bits per heavy atom. The van der Waals surface area contributed by atoms with Gasteiger partial charge in [0.15, 0.2) is 0 Å². The molecular weight excluding hydrogens is 490 g/mol. The third kappa shape index (κ3) is 9.96. The van der Waals surface area contributed by atoms with Crippen molar-refractivity contribution in [3.05, 3.63) is 35.9 Å². The fourth-order valence-electron chi connectivity index (χ4n) is 4.30. The lowest BCUT2D eigenvalue weighted by Gasteiger charge is -2.39. The van der Waals surface area contributed by atoms with Crippen LogP contribution < -0.4 is 10.6 Å². The number of carboxylic acid groups (broad SMARTS) is 1. The minimum absolute atomic E-state index is 0.0544. The Morgan fingerprint density at radius 3 is 2.00 bits per heavy atom. The van der Waals surface area contributed by atoms with Gasteiger partial charge in [0.05, 0.1) is 18.6 Å². The van der Waals surface area contributed by atoms with Gasteiger partial charge in [0, 0.05) is 14.2 Å². The summed E-state index contributed by atoms with van der Waals surface area (Å²) in [5.41, 5.74) is 0.815. The molecule has 0 saturated carbocycles. The maximum atomic E-state index is 13.7. The molecule has 0 spiro atoms. The normalized spacial score (nSPS) is 15.2. The number of amides is 3. The van der Waals surface area contributed by atoms with E-state index in [1.54, 1.807) is 20.9 Å². The Labute approximate surface area is 226 Å². The fourth-order valence-corrected chi connectivity index (χ4v) is 4.30. The smallest absolute Gasteiger partial charge is 0.408 e. The molecule has 0 aliphatic carbocycles. The number of nitrogens with one attached hydrogen (secondary N) is 2. The van der Waals surface area contributed by atoms with E-state index in [-0.39, 0.29) is 36.7 Å². The summed E-state index contributed by atoms with van der Waals surface area (Å²) in [6, 6.07) is 6.84. The van der Waals surface area contributed by atoms with Gasteiger partial charge in [-0.05, 0) is 23.3 Å². The maximum absolute atomic E-state index is 13.7. The van der Waals surface area contributed by atoms with E-state index >= 15 is 0 Å². The third-order valence-corrected chi connectivity index (χ3v) is 6.75. The van der Waals surface area contributed by atoms with Gasteiger partial charge in [-0.2, -0.15) is 0 Å². The molecule has 0 unspecified atom stereocenters. The molecule has 0 aromatic heterocycles. The lowest BCUT2D eigenvalue weighted by molar-refractivity contribution is -0.148. The highest BCUT2D eigenvalue weighted by atomic mass is 16.5. The average Bonchev–Trinajstić information content (AvgIpc) is 2.87. The number of aliphatic carboxylic acids is 1. The van der Waals surface area contributed by atoms with Crippen LogP contribution in [0.5, 0.6) is 0 Å². The zero-order valence-corrected chi connectivity index (χ0v) is 23.9. The SMILES string of the molecule is CC[C@H](C)[C@@H]([C@@H](CC(=O)O)OC)N(C)C(=O)[C@H](NC(=O)[C@@H](NC(=O)OCc1ccccc1)C(C)C)C(C)C. The maximum Gasteiger partial charge on any atom is 0.408 e. The summed E-state index contributed by atoms with van der Waals surface area (Å²) in [5.74, 6) is -2.50. The lowest BCUT2D eigenvalue weighted by Crippen LogP contribution is -2.60. The first kappa shape index (κ1) is 32.9. The molecule has 0 heterocycles. The molecule has 0 saturated heterocycles.